The van der Waals surface area contributed by atoms with Gasteiger partial charge in [-0.25, -0.2) is 8.42 Å². The van der Waals surface area contributed by atoms with Crippen LogP contribution in [0.2, 0.25) is 0 Å². The molecular weight excluding hydrogens is 436 g/mol. The molecule has 0 spiro atoms. The number of hydrogen-bond donors (Lipinski definition) is 1. The van der Waals surface area contributed by atoms with Crippen LogP contribution in [0.15, 0.2) is 53.4 Å². The fraction of sp³-hybridized carbons (Fsp3) is 0.381. The number of nitro groups is 1. The lowest BCUT2D eigenvalue weighted by atomic mass is 10.2. The summed E-state index contributed by atoms with van der Waals surface area (Å²) in [5.74, 6) is 0.615. The molecule has 32 heavy (non-hydrogen) atoms. The summed E-state index contributed by atoms with van der Waals surface area (Å²) in [5, 5.41) is 13.8. The smallest absolute Gasteiger partial charge is 0.270 e. The van der Waals surface area contributed by atoms with Gasteiger partial charge in [0.15, 0.2) is 0 Å². The topological polar surface area (TPSA) is 122 Å². The summed E-state index contributed by atoms with van der Waals surface area (Å²) in [6.07, 6.45) is 0.283. The van der Waals surface area contributed by atoms with E-state index in [1.165, 1.54) is 22.5 Å². The van der Waals surface area contributed by atoms with Crippen molar-refractivity contribution in [2.45, 2.75) is 18.2 Å². The van der Waals surface area contributed by atoms with Crippen LogP contribution >= 0.6 is 0 Å². The maximum atomic E-state index is 12.8. The number of ether oxygens (including phenoxy) is 1. The average molecular weight is 463 g/mol. The molecule has 1 saturated heterocycles. The first kappa shape index (κ1) is 23.6. The standard InChI is InChI=1S/C21H26N4O6S/c1-2-31-19-8-6-17(7-9-19)22-21(26)10-11-23-12-14-24(15-13-23)32(29,30)20-5-3-4-18(16-20)25(27)28/h3-9,16H,2,10-15H2,1H3,(H,22,26). The number of nitrogens with zero attached hydrogens (tertiary/aromatic N) is 3. The van der Waals surface area contributed by atoms with Crippen molar-refractivity contribution in [3.05, 3.63) is 58.6 Å². The van der Waals surface area contributed by atoms with Crippen molar-refractivity contribution in [3.8, 4) is 5.75 Å². The second-order valence-corrected chi connectivity index (χ2v) is 9.19. The zero-order valence-electron chi connectivity index (χ0n) is 17.8. The van der Waals surface area contributed by atoms with Gasteiger partial charge in [-0.3, -0.25) is 14.9 Å². The van der Waals surface area contributed by atoms with Crippen LogP contribution in [-0.4, -0.2) is 67.8 Å². The molecule has 0 atom stereocenters. The highest BCUT2D eigenvalue weighted by molar-refractivity contribution is 7.89. The highest BCUT2D eigenvalue weighted by atomic mass is 32.2. The van der Waals surface area contributed by atoms with E-state index in [0.717, 1.165) is 11.8 Å². The lowest BCUT2D eigenvalue weighted by molar-refractivity contribution is -0.385. The molecule has 2 aromatic rings. The van der Waals surface area contributed by atoms with Crippen molar-refractivity contribution in [3.63, 3.8) is 0 Å². The van der Waals surface area contributed by atoms with E-state index in [0.29, 0.717) is 31.9 Å². The Bertz CT molecular complexity index is 1050. The van der Waals surface area contributed by atoms with E-state index in [1.54, 1.807) is 24.3 Å². The van der Waals surface area contributed by atoms with Crippen LogP contribution in [0.5, 0.6) is 5.75 Å². The van der Waals surface area contributed by atoms with Gasteiger partial charge in [0.25, 0.3) is 5.69 Å². The Morgan fingerprint density at radius 3 is 2.44 bits per heavy atom. The Morgan fingerprint density at radius 1 is 1.12 bits per heavy atom. The van der Waals surface area contributed by atoms with Crippen LogP contribution < -0.4 is 10.1 Å². The molecule has 172 valence electrons. The first-order chi connectivity index (χ1) is 15.3. The predicted octanol–water partition coefficient (Wildman–Crippen LogP) is 2.33. The lowest BCUT2D eigenvalue weighted by Crippen LogP contribution is -2.49. The van der Waals surface area contributed by atoms with E-state index >= 15 is 0 Å². The molecule has 1 heterocycles. The molecule has 1 aliphatic rings. The minimum Gasteiger partial charge on any atom is -0.494 e. The minimum absolute atomic E-state index is 0.0881. The van der Waals surface area contributed by atoms with Gasteiger partial charge in [-0.2, -0.15) is 4.31 Å². The Labute approximate surface area is 187 Å². The number of carbonyl (C=O) groups is 1. The van der Waals surface area contributed by atoms with Gasteiger partial charge in [-0.05, 0) is 37.3 Å². The van der Waals surface area contributed by atoms with Gasteiger partial charge in [0, 0.05) is 57.0 Å². The number of benzene rings is 2. The molecule has 2 aromatic carbocycles. The van der Waals surface area contributed by atoms with Crippen LogP contribution in [0, 0.1) is 10.1 Å². The number of nitrogens with one attached hydrogen (secondary N) is 1. The van der Waals surface area contributed by atoms with Crippen LogP contribution in [0.4, 0.5) is 11.4 Å². The number of non-ortho nitro benzene ring substituents is 1. The number of rotatable bonds is 9. The van der Waals surface area contributed by atoms with Crippen molar-refractivity contribution in [2.24, 2.45) is 0 Å². The molecule has 0 bridgehead atoms. The van der Waals surface area contributed by atoms with Crippen molar-refractivity contribution in [1.82, 2.24) is 9.21 Å². The third-order valence-corrected chi connectivity index (χ3v) is 7.00. The Kier molecular flexibility index (Phi) is 7.78. The zero-order valence-corrected chi connectivity index (χ0v) is 18.6. The van der Waals surface area contributed by atoms with Crippen LogP contribution in [0.1, 0.15) is 13.3 Å². The number of sulfonamides is 1. The molecule has 0 radical (unpaired) electrons. The quantitative estimate of drug-likeness (QED) is 0.448. The fourth-order valence-electron chi connectivity index (χ4n) is 3.38. The minimum atomic E-state index is -3.81. The zero-order chi connectivity index (χ0) is 23.1. The summed E-state index contributed by atoms with van der Waals surface area (Å²) in [6, 6.07) is 12.2. The van der Waals surface area contributed by atoms with E-state index in [1.807, 2.05) is 11.8 Å². The monoisotopic (exact) mass is 462 g/mol. The van der Waals surface area contributed by atoms with E-state index in [4.69, 9.17) is 4.74 Å². The van der Waals surface area contributed by atoms with Gasteiger partial charge in [0.1, 0.15) is 5.75 Å². The fourth-order valence-corrected chi connectivity index (χ4v) is 4.85. The maximum absolute atomic E-state index is 12.8. The highest BCUT2D eigenvalue weighted by Crippen LogP contribution is 2.22. The molecule has 0 aliphatic carbocycles. The predicted molar refractivity (Wildman–Crippen MR) is 119 cm³/mol. The summed E-state index contributed by atoms with van der Waals surface area (Å²) in [5.41, 5.74) is 0.426. The van der Waals surface area contributed by atoms with Crippen molar-refractivity contribution < 1.29 is 22.9 Å². The normalized spacial score (nSPS) is 15.3. The largest absolute Gasteiger partial charge is 0.494 e. The second kappa shape index (κ2) is 10.5. The first-order valence-electron chi connectivity index (χ1n) is 10.3. The molecular formula is C21H26N4O6S. The number of carbonyl (C=O) groups excluding carboxylic acids is 1. The van der Waals surface area contributed by atoms with Gasteiger partial charge in [0.05, 0.1) is 16.4 Å². The van der Waals surface area contributed by atoms with E-state index in [2.05, 4.69) is 5.32 Å². The second-order valence-electron chi connectivity index (χ2n) is 7.26. The molecule has 1 aliphatic heterocycles. The van der Waals surface area contributed by atoms with Crippen LogP contribution in [0.3, 0.4) is 0 Å². The van der Waals surface area contributed by atoms with Gasteiger partial charge >= 0.3 is 0 Å². The number of amides is 1. The van der Waals surface area contributed by atoms with E-state index in [-0.39, 0.29) is 36.0 Å². The molecule has 1 fully saturated rings. The summed E-state index contributed by atoms with van der Waals surface area (Å²) in [4.78, 5) is 24.5. The van der Waals surface area contributed by atoms with Gasteiger partial charge < -0.3 is 15.0 Å². The molecule has 0 saturated carbocycles. The Hall–Kier alpha value is -3.02. The highest BCUT2D eigenvalue weighted by Gasteiger charge is 2.29. The number of nitro benzene ring substituents is 1. The summed E-state index contributed by atoms with van der Waals surface area (Å²) in [7, 11) is -3.81. The van der Waals surface area contributed by atoms with Crippen LogP contribution in [-0.2, 0) is 14.8 Å². The van der Waals surface area contributed by atoms with Gasteiger partial charge in [0.2, 0.25) is 15.9 Å². The lowest BCUT2D eigenvalue weighted by Gasteiger charge is -2.33. The molecule has 10 nitrogen and oxygen atoms in total. The SMILES string of the molecule is CCOc1ccc(NC(=O)CCN2CCN(S(=O)(=O)c3cccc([N+](=O)[O-])c3)CC2)cc1. The van der Waals surface area contributed by atoms with Crippen molar-refractivity contribution in [2.75, 3.05) is 44.6 Å². The number of hydrogen-bond acceptors (Lipinski definition) is 7. The number of anilines is 1. The number of piperazine rings is 1. The summed E-state index contributed by atoms with van der Waals surface area (Å²) >= 11 is 0. The Balaban J connectivity index is 1.47. The first-order valence-corrected chi connectivity index (χ1v) is 11.7. The summed E-state index contributed by atoms with van der Waals surface area (Å²) in [6.45, 7) is 4.45. The molecule has 1 N–H and O–H groups in total. The molecule has 0 unspecified atom stereocenters. The third-order valence-electron chi connectivity index (χ3n) is 5.10. The molecule has 0 aromatic heterocycles. The van der Waals surface area contributed by atoms with Crippen molar-refractivity contribution in [1.29, 1.82) is 0 Å². The van der Waals surface area contributed by atoms with Gasteiger partial charge in [-0.15, -0.1) is 0 Å². The maximum Gasteiger partial charge on any atom is 0.270 e. The molecule has 1 amide bonds. The molecule has 11 heteroatoms. The Morgan fingerprint density at radius 2 is 1.81 bits per heavy atom. The van der Waals surface area contributed by atoms with Crippen molar-refractivity contribution >= 4 is 27.3 Å². The average Bonchev–Trinajstić information content (AvgIpc) is 2.79. The van der Waals surface area contributed by atoms with Crippen LogP contribution in [0.25, 0.3) is 0 Å². The summed E-state index contributed by atoms with van der Waals surface area (Å²) < 4.78 is 32.3. The molecule has 3 rings (SSSR count). The van der Waals surface area contributed by atoms with E-state index < -0.39 is 14.9 Å². The third kappa shape index (κ3) is 6.02. The van der Waals surface area contributed by atoms with E-state index in [9.17, 15) is 23.3 Å². The van der Waals surface area contributed by atoms with Gasteiger partial charge in [-0.1, -0.05) is 6.07 Å².